The number of hydrogen-bond donors (Lipinski definition) is 1. The molecule has 0 saturated carbocycles. The molecule has 0 bridgehead atoms. The van der Waals surface area contributed by atoms with Gasteiger partial charge in [0.05, 0.1) is 6.04 Å². The highest BCUT2D eigenvalue weighted by molar-refractivity contribution is 5.73. The van der Waals surface area contributed by atoms with Crippen molar-refractivity contribution in [2.45, 2.75) is 19.9 Å². The molecule has 0 radical (unpaired) electrons. The number of hydrazine groups is 1. The second kappa shape index (κ2) is 4.05. The minimum Gasteiger partial charge on any atom is -0.274 e. The molecular weight excluding hydrogens is 164 g/mol. The molecule has 0 fully saturated rings. The van der Waals surface area contributed by atoms with Crippen LogP contribution in [-0.4, -0.2) is 10.9 Å². The maximum Gasteiger partial charge on any atom is 0.233 e. The molecule has 0 unspecified atom stereocenters. The predicted octanol–water partition coefficient (Wildman–Crippen LogP) is 1.47. The van der Waals surface area contributed by atoms with Gasteiger partial charge < -0.3 is 0 Å². The molecule has 1 atom stereocenters. The highest BCUT2D eigenvalue weighted by atomic mass is 16.2. The molecule has 1 aromatic rings. The van der Waals surface area contributed by atoms with E-state index in [1.165, 1.54) is 11.9 Å². The Kier molecular flexibility index (Phi) is 3.03. The number of benzene rings is 1. The van der Waals surface area contributed by atoms with Gasteiger partial charge in [0.2, 0.25) is 5.91 Å². The fraction of sp³-hybridized carbons (Fsp3) is 0.300. The molecule has 0 aromatic heterocycles. The molecule has 0 aliphatic heterocycles. The fourth-order valence-corrected chi connectivity index (χ4v) is 1.16. The van der Waals surface area contributed by atoms with E-state index in [-0.39, 0.29) is 11.9 Å². The quantitative estimate of drug-likeness (QED) is 0.423. The fourth-order valence-electron chi connectivity index (χ4n) is 1.16. The van der Waals surface area contributed by atoms with E-state index >= 15 is 0 Å². The molecule has 1 aromatic carbocycles. The third-order valence-electron chi connectivity index (χ3n) is 2.06. The molecule has 1 amide bonds. The summed E-state index contributed by atoms with van der Waals surface area (Å²) in [5.41, 5.74) is 1.04. The van der Waals surface area contributed by atoms with Gasteiger partial charge >= 0.3 is 0 Å². The third kappa shape index (κ3) is 2.29. The van der Waals surface area contributed by atoms with Gasteiger partial charge in [-0.3, -0.25) is 9.80 Å². The summed E-state index contributed by atoms with van der Waals surface area (Å²) in [6.45, 7) is 3.36. The van der Waals surface area contributed by atoms with Crippen LogP contribution in [0.25, 0.3) is 0 Å². The van der Waals surface area contributed by atoms with E-state index in [0.29, 0.717) is 0 Å². The van der Waals surface area contributed by atoms with Gasteiger partial charge in [-0.2, -0.15) is 0 Å². The highest BCUT2D eigenvalue weighted by Crippen LogP contribution is 2.16. The topological polar surface area (TPSA) is 46.3 Å². The molecule has 70 valence electrons. The maximum atomic E-state index is 11.0. The third-order valence-corrected chi connectivity index (χ3v) is 2.06. The van der Waals surface area contributed by atoms with E-state index in [4.69, 9.17) is 5.84 Å². The molecule has 3 nitrogen and oxygen atoms in total. The lowest BCUT2D eigenvalue weighted by atomic mass is 10.1. The molecule has 3 heteroatoms. The van der Waals surface area contributed by atoms with E-state index in [1.807, 2.05) is 37.3 Å². The number of carbonyl (C=O) groups excluding carboxylic acids is 1. The molecular formula is C10H14N2O. The van der Waals surface area contributed by atoms with Crippen molar-refractivity contribution >= 4 is 5.91 Å². The Morgan fingerprint density at radius 3 is 2.38 bits per heavy atom. The second-order valence-electron chi connectivity index (χ2n) is 3.01. The zero-order valence-electron chi connectivity index (χ0n) is 7.90. The van der Waals surface area contributed by atoms with Crippen molar-refractivity contribution in [2.75, 3.05) is 0 Å². The molecule has 0 spiro atoms. The Hall–Kier alpha value is -1.35. The second-order valence-corrected chi connectivity index (χ2v) is 3.01. The lowest BCUT2D eigenvalue weighted by Gasteiger charge is -2.22. The Bertz CT molecular complexity index is 284. The summed E-state index contributed by atoms with van der Waals surface area (Å²) in [6.07, 6.45) is 0. The number of rotatable bonds is 2. The Labute approximate surface area is 78.1 Å². The zero-order chi connectivity index (χ0) is 9.84. The number of nitrogens with two attached hydrogens (primary N) is 1. The molecule has 0 saturated heterocycles. The molecule has 0 heterocycles. The summed E-state index contributed by atoms with van der Waals surface area (Å²) in [4.78, 5) is 11.0. The first-order valence-electron chi connectivity index (χ1n) is 4.22. The van der Waals surface area contributed by atoms with Crippen LogP contribution in [0.4, 0.5) is 0 Å². The van der Waals surface area contributed by atoms with Crippen LogP contribution in [0.5, 0.6) is 0 Å². The van der Waals surface area contributed by atoms with Crippen LogP contribution in [0.1, 0.15) is 25.5 Å². The van der Waals surface area contributed by atoms with Crippen molar-refractivity contribution in [3.8, 4) is 0 Å². The molecule has 0 aliphatic carbocycles. The van der Waals surface area contributed by atoms with E-state index in [9.17, 15) is 4.79 Å². The van der Waals surface area contributed by atoms with Gasteiger partial charge in [-0.05, 0) is 12.5 Å². The van der Waals surface area contributed by atoms with Crippen molar-refractivity contribution in [3.63, 3.8) is 0 Å². The van der Waals surface area contributed by atoms with Crippen molar-refractivity contribution in [3.05, 3.63) is 35.9 Å². The summed E-state index contributed by atoms with van der Waals surface area (Å²) in [5.74, 6) is 5.45. The van der Waals surface area contributed by atoms with Gasteiger partial charge in [0.25, 0.3) is 0 Å². The van der Waals surface area contributed by atoms with Crippen molar-refractivity contribution in [1.29, 1.82) is 0 Å². The maximum absolute atomic E-state index is 11.0. The molecule has 1 rings (SSSR count). The normalized spacial score (nSPS) is 12.2. The van der Waals surface area contributed by atoms with E-state index in [0.717, 1.165) is 5.56 Å². The zero-order valence-corrected chi connectivity index (χ0v) is 7.90. The SMILES string of the molecule is CC(=O)N(N)[C@H](C)c1ccccc1. The van der Waals surface area contributed by atoms with Crippen LogP contribution < -0.4 is 5.84 Å². The first-order chi connectivity index (χ1) is 6.13. The lowest BCUT2D eigenvalue weighted by molar-refractivity contribution is -0.131. The van der Waals surface area contributed by atoms with Gasteiger partial charge in [-0.15, -0.1) is 0 Å². The van der Waals surface area contributed by atoms with Crippen LogP contribution in [-0.2, 0) is 4.79 Å². The van der Waals surface area contributed by atoms with Gasteiger partial charge in [0, 0.05) is 6.92 Å². The van der Waals surface area contributed by atoms with Crippen LogP contribution in [0.2, 0.25) is 0 Å². The molecule has 13 heavy (non-hydrogen) atoms. The van der Waals surface area contributed by atoms with Crippen LogP contribution in [0, 0.1) is 0 Å². The molecule has 2 N–H and O–H groups in total. The van der Waals surface area contributed by atoms with Crippen molar-refractivity contribution < 1.29 is 4.79 Å². The predicted molar refractivity (Wildman–Crippen MR) is 51.6 cm³/mol. The van der Waals surface area contributed by atoms with Gasteiger partial charge in [0.1, 0.15) is 0 Å². The summed E-state index contributed by atoms with van der Waals surface area (Å²) in [5, 5.41) is 1.23. The van der Waals surface area contributed by atoms with Crippen molar-refractivity contribution in [1.82, 2.24) is 5.01 Å². The Morgan fingerprint density at radius 1 is 1.38 bits per heavy atom. The lowest BCUT2D eigenvalue weighted by Crippen LogP contribution is -2.37. The number of amides is 1. The smallest absolute Gasteiger partial charge is 0.233 e. The minimum atomic E-state index is -0.128. The van der Waals surface area contributed by atoms with E-state index in [1.54, 1.807) is 0 Å². The largest absolute Gasteiger partial charge is 0.274 e. The van der Waals surface area contributed by atoms with Crippen LogP contribution >= 0.6 is 0 Å². The van der Waals surface area contributed by atoms with Gasteiger partial charge in [-0.1, -0.05) is 30.3 Å². The van der Waals surface area contributed by atoms with Crippen molar-refractivity contribution in [2.24, 2.45) is 5.84 Å². The van der Waals surface area contributed by atoms with E-state index < -0.39 is 0 Å². The number of hydrogen-bond acceptors (Lipinski definition) is 2. The molecule has 0 aliphatic rings. The average Bonchev–Trinajstić information content (AvgIpc) is 2.17. The Balaban J connectivity index is 2.79. The monoisotopic (exact) mass is 178 g/mol. The van der Waals surface area contributed by atoms with E-state index in [2.05, 4.69) is 0 Å². The van der Waals surface area contributed by atoms with Crippen LogP contribution in [0.15, 0.2) is 30.3 Å². The number of carbonyl (C=O) groups is 1. The number of nitrogens with zero attached hydrogens (tertiary/aromatic N) is 1. The first-order valence-corrected chi connectivity index (χ1v) is 4.22. The Morgan fingerprint density at radius 2 is 1.92 bits per heavy atom. The van der Waals surface area contributed by atoms with Gasteiger partial charge in [0.15, 0.2) is 0 Å². The average molecular weight is 178 g/mol. The standard InChI is InChI=1S/C10H14N2O/c1-8(12(11)9(2)13)10-6-4-3-5-7-10/h3-8H,11H2,1-2H3/t8-/m1/s1. The summed E-state index contributed by atoms with van der Waals surface area (Å²) in [7, 11) is 0. The highest BCUT2D eigenvalue weighted by Gasteiger charge is 2.13. The summed E-state index contributed by atoms with van der Waals surface area (Å²) >= 11 is 0. The summed E-state index contributed by atoms with van der Waals surface area (Å²) < 4.78 is 0. The summed E-state index contributed by atoms with van der Waals surface area (Å²) in [6, 6.07) is 9.63. The first kappa shape index (κ1) is 9.74. The van der Waals surface area contributed by atoms with Crippen LogP contribution in [0.3, 0.4) is 0 Å². The minimum absolute atomic E-state index is 0.0706. The van der Waals surface area contributed by atoms with Gasteiger partial charge in [-0.25, -0.2) is 5.84 Å².